The quantitative estimate of drug-likeness (QED) is 0.670. The summed E-state index contributed by atoms with van der Waals surface area (Å²) in [5.74, 6) is 0.320. The van der Waals surface area contributed by atoms with Gasteiger partial charge in [-0.25, -0.2) is 4.39 Å². The van der Waals surface area contributed by atoms with Gasteiger partial charge >= 0.3 is 0 Å². The van der Waals surface area contributed by atoms with Crippen molar-refractivity contribution in [3.8, 4) is 10.4 Å². The molecule has 72 valence electrons. The highest BCUT2D eigenvalue weighted by molar-refractivity contribution is 7.13. The number of hydrogen-bond donors (Lipinski definition) is 0. The predicted molar refractivity (Wildman–Crippen MR) is 59.3 cm³/mol. The molecule has 0 aliphatic rings. The standard InChI is InChI=1S/C11H8ClFS/c12-6-8-5-11(14-7-8)9-1-3-10(13)4-2-9/h1-5,7H,6H2. The monoisotopic (exact) mass is 226 g/mol. The molecule has 0 atom stereocenters. The van der Waals surface area contributed by atoms with E-state index < -0.39 is 0 Å². The lowest BCUT2D eigenvalue weighted by Crippen LogP contribution is -1.74. The van der Waals surface area contributed by atoms with Crippen molar-refractivity contribution in [2.45, 2.75) is 5.88 Å². The molecule has 14 heavy (non-hydrogen) atoms. The van der Waals surface area contributed by atoms with Crippen molar-refractivity contribution in [3.05, 3.63) is 47.1 Å². The molecule has 0 saturated carbocycles. The van der Waals surface area contributed by atoms with Gasteiger partial charge in [-0.15, -0.1) is 22.9 Å². The molecule has 0 N–H and O–H groups in total. The number of thiophene rings is 1. The van der Waals surface area contributed by atoms with Crippen molar-refractivity contribution in [2.75, 3.05) is 0 Å². The average molecular weight is 227 g/mol. The van der Waals surface area contributed by atoms with Crippen LogP contribution in [0.25, 0.3) is 10.4 Å². The Labute approximate surface area is 91.0 Å². The van der Waals surface area contributed by atoms with Crippen molar-refractivity contribution >= 4 is 22.9 Å². The van der Waals surface area contributed by atoms with E-state index in [1.807, 2.05) is 11.4 Å². The van der Waals surface area contributed by atoms with Gasteiger partial charge in [-0.3, -0.25) is 0 Å². The second-order valence-corrected chi connectivity index (χ2v) is 4.14. The van der Waals surface area contributed by atoms with Crippen molar-refractivity contribution in [3.63, 3.8) is 0 Å². The number of alkyl halides is 1. The van der Waals surface area contributed by atoms with Gasteiger partial charge in [0.25, 0.3) is 0 Å². The first kappa shape index (κ1) is 9.69. The second-order valence-electron chi connectivity index (χ2n) is 2.96. The summed E-state index contributed by atoms with van der Waals surface area (Å²) in [6, 6.07) is 8.52. The number of rotatable bonds is 2. The molecule has 0 aliphatic carbocycles. The Morgan fingerprint density at radius 3 is 2.50 bits per heavy atom. The van der Waals surface area contributed by atoms with Crippen LogP contribution in [-0.2, 0) is 5.88 Å². The Balaban J connectivity index is 2.34. The molecule has 0 aliphatic heterocycles. The lowest BCUT2D eigenvalue weighted by Gasteiger charge is -1.95. The predicted octanol–water partition coefficient (Wildman–Crippen LogP) is 4.29. The summed E-state index contributed by atoms with van der Waals surface area (Å²) in [6.45, 7) is 0. The molecule has 0 bridgehead atoms. The molecule has 0 nitrogen and oxygen atoms in total. The van der Waals surface area contributed by atoms with Crippen LogP contribution >= 0.6 is 22.9 Å². The molecule has 0 unspecified atom stereocenters. The Bertz CT molecular complexity index is 419. The van der Waals surface area contributed by atoms with Gasteiger partial charge in [-0.05, 0) is 34.7 Å². The Hall–Kier alpha value is -0.860. The lowest BCUT2D eigenvalue weighted by atomic mass is 10.2. The molecule has 0 amide bonds. The van der Waals surface area contributed by atoms with E-state index in [4.69, 9.17) is 11.6 Å². The zero-order valence-electron chi connectivity index (χ0n) is 7.34. The molecule has 2 rings (SSSR count). The van der Waals surface area contributed by atoms with E-state index in [0.29, 0.717) is 5.88 Å². The van der Waals surface area contributed by atoms with Crippen molar-refractivity contribution in [1.82, 2.24) is 0 Å². The number of benzene rings is 1. The smallest absolute Gasteiger partial charge is 0.123 e. The molecular weight excluding hydrogens is 219 g/mol. The van der Waals surface area contributed by atoms with Crippen LogP contribution < -0.4 is 0 Å². The minimum absolute atomic E-state index is 0.206. The highest BCUT2D eigenvalue weighted by atomic mass is 35.5. The van der Waals surface area contributed by atoms with Crippen LogP contribution in [0.2, 0.25) is 0 Å². The fourth-order valence-corrected chi connectivity index (χ4v) is 2.38. The van der Waals surface area contributed by atoms with Gasteiger partial charge in [-0.2, -0.15) is 0 Å². The molecule has 3 heteroatoms. The van der Waals surface area contributed by atoms with Gasteiger partial charge in [0.1, 0.15) is 5.82 Å². The third-order valence-corrected chi connectivity index (χ3v) is 3.27. The van der Waals surface area contributed by atoms with Crippen LogP contribution in [0.15, 0.2) is 35.7 Å². The maximum atomic E-state index is 12.7. The summed E-state index contributed by atoms with van der Waals surface area (Å²) in [6.07, 6.45) is 0. The zero-order chi connectivity index (χ0) is 9.97. The van der Waals surface area contributed by atoms with E-state index >= 15 is 0 Å². The fraction of sp³-hybridized carbons (Fsp3) is 0.0909. The van der Waals surface area contributed by atoms with Crippen LogP contribution in [0.4, 0.5) is 4.39 Å². The van der Waals surface area contributed by atoms with Gasteiger partial charge in [0.05, 0.1) is 0 Å². The van der Waals surface area contributed by atoms with Gasteiger partial charge < -0.3 is 0 Å². The van der Waals surface area contributed by atoms with E-state index in [0.717, 1.165) is 16.0 Å². The summed E-state index contributed by atoms with van der Waals surface area (Å²) in [5.41, 5.74) is 2.14. The van der Waals surface area contributed by atoms with Crippen molar-refractivity contribution in [2.24, 2.45) is 0 Å². The Kier molecular flexibility index (Phi) is 2.85. The van der Waals surface area contributed by atoms with E-state index in [1.54, 1.807) is 23.5 Å². The summed E-state index contributed by atoms with van der Waals surface area (Å²) < 4.78 is 12.7. The topological polar surface area (TPSA) is 0 Å². The Morgan fingerprint density at radius 1 is 1.21 bits per heavy atom. The highest BCUT2D eigenvalue weighted by Crippen LogP contribution is 2.27. The van der Waals surface area contributed by atoms with Gasteiger partial charge in [0, 0.05) is 10.8 Å². The summed E-state index contributed by atoms with van der Waals surface area (Å²) in [5, 5.41) is 2.02. The van der Waals surface area contributed by atoms with E-state index in [-0.39, 0.29) is 5.82 Å². The SMILES string of the molecule is Fc1ccc(-c2cc(CCl)cs2)cc1. The zero-order valence-corrected chi connectivity index (χ0v) is 8.91. The number of hydrogen-bond acceptors (Lipinski definition) is 1. The fourth-order valence-electron chi connectivity index (χ4n) is 1.21. The third kappa shape index (κ3) is 1.97. The molecule has 0 spiro atoms. The molecule has 2 aromatic rings. The third-order valence-electron chi connectivity index (χ3n) is 1.94. The first-order valence-electron chi connectivity index (χ1n) is 4.19. The van der Waals surface area contributed by atoms with Crippen LogP contribution in [0, 0.1) is 5.82 Å². The highest BCUT2D eigenvalue weighted by Gasteiger charge is 2.01. The molecule has 0 saturated heterocycles. The first-order chi connectivity index (χ1) is 6.79. The minimum Gasteiger partial charge on any atom is -0.207 e. The largest absolute Gasteiger partial charge is 0.207 e. The normalized spacial score (nSPS) is 10.4. The molecule has 0 radical (unpaired) electrons. The van der Waals surface area contributed by atoms with E-state index in [2.05, 4.69) is 0 Å². The first-order valence-corrected chi connectivity index (χ1v) is 5.60. The van der Waals surface area contributed by atoms with Crippen molar-refractivity contribution < 1.29 is 4.39 Å². The molecule has 1 aromatic carbocycles. The van der Waals surface area contributed by atoms with Gasteiger partial charge in [0.2, 0.25) is 0 Å². The van der Waals surface area contributed by atoms with Gasteiger partial charge in [0.15, 0.2) is 0 Å². The maximum Gasteiger partial charge on any atom is 0.123 e. The summed E-state index contributed by atoms with van der Waals surface area (Å²) in [7, 11) is 0. The van der Waals surface area contributed by atoms with Gasteiger partial charge in [-0.1, -0.05) is 12.1 Å². The maximum absolute atomic E-state index is 12.7. The average Bonchev–Trinajstić information content (AvgIpc) is 2.67. The van der Waals surface area contributed by atoms with Crippen LogP contribution in [0.5, 0.6) is 0 Å². The van der Waals surface area contributed by atoms with Crippen molar-refractivity contribution in [1.29, 1.82) is 0 Å². The lowest BCUT2D eigenvalue weighted by molar-refractivity contribution is 0.628. The molecular formula is C11H8ClFS. The van der Waals surface area contributed by atoms with Crippen LogP contribution in [-0.4, -0.2) is 0 Å². The summed E-state index contributed by atoms with van der Waals surface area (Å²) >= 11 is 7.33. The number of halogens is 2. The molecule has 0 fully saturated rings. The second kappa shape index (κ2) is 4.11. The van der Waals surface area contributed by atoms with Crippen LogP contribution in [0.3, 0.4) is 0 Å². The minimum atomic E-state index is -0.206. The summed E-state index contributed by atoms with van der Waals surface area (Å²) in [4.78, 5) is 1.13. The Morgan fingerprint density at radius 2 is 1.93 bits per heavy atom. The van der Waals surface area contributed by atoms with E-state index in [1.165, 1.54) is 12.1 Å². The van der Waals surface area contributed by atoms with Crippen LogP contribution in [0.1, 0.15) is 5.56 Å². The molecule has 1 heterocycles. The molecule has 1 aromatic heterocycles. The van der Waals surface area contributed by atoms with E-state index in [9.17, 15) is 4.39 Å².